The van der Waals surface area contributed by atoms with Crippen LogP contribution in [0.25, 0.3) is 0 Å². The molecule has 2 amide bonds. The lowest BCUT2D eigenvalue weighted by atomic mass is 10.2. The minimum absolute atomic E-state index is 0.0749. The molecule has 3 aromatic rings. The van der Waals surface area contributed by atoms with E-state index in [4.69, 9.17) is 25.8 Å². The molecule has 0 atom stereocenters. The smallest absolute Gasteiger partial charge is 0.265 e. The van der Waals surface area contributed by atoms with Crippen molar-refractivity contribution in [2.24, 2.45) is 0 Å². The van der Waals surface area contributed by atoms with E-state index in [1.807, 2.05) is 31.2 Å². The van der Waals surface area contributed by atoms with E-state index in [0.29, 0.717) is 41.0 Å². The molecule has 0 saturated carbocycles. The second kappa shape index (κ2) is 10.3. The van der Waals surface area contributed by atoms with E-state index in [9.17, 15) is 9.59 Å². The Morgan fingerprint density at radius 2 is 1.88 bits per heavy atom. The van der Waals surface area contributed by atoms with Gasteiger partial charge in [-0.3, -0.25) is 9.59 Å². The number of fused-ring (bicyclic) bond motifs is 1. The van der Waals surface area contributed by atoms with Crippen LogP contribution in [0.5, 0.6) is 17.2 Å². The Balaban J connectivity index is 1.35. The van der Waals surface area contributed by atoms with Crippen molar-refractivity contribution < 1.29 is 23.8 Å². The Bertz CT molecular complexity index is 1150. The molecule has 0 bridgehead atoms. The summed E-state index contributed by atoms with van der Waals surface area (Å²) in [5, 5.41) is 3.36. The highest BCUT2D eigenvalue weighted by Crippen LogP contribution is 2.34. The zero-order chi connectivity index (χ0) is 23.2. The molecule has 1 aliphatic heterocycles. The first-order chi connectivity index (χ1) is 16.0. The van der Waals surface area contributed by atoms with E-state index >= 15 is 0 Å². The van der Waals surface area contributed by atoms with Crippen LogP contribution in [0.15, 0.2) is 66.7 Å². The SMILES string of the molecule is Cc1cccc(OCCN2C(=O)COc3cc(NC(=O)COc4ccc(Cl)cc4)ccc32)c1. The maximum atomic E-state index is 12.4. The van der Waals surface area contributed by atoms with Crippen LogP contribution >= 0.6 is 11.6 Å². The van der Waals surface area contributed by atoms with Gasteiger partial charge in [0.15, 0.2) is 13.2 Å². The second-order valence-electron chi connectivity index (χ2n) is 7.47. The topological polar surface area (TPSA) is 77.1 Å². The first-order valence-corrected chi connectivity index (χ1v) is 10.8. The lowest BCUT2D eigenvalue weighted by Gasteiger charge is -2.29. The number of anilines is 2. The zero-order valence-electron chi connectivity index (χ0n) is 18.0. The number of ether oxygens (including phenoxy) is 3. The van der Waals surface area contributed by atoms with Gasteiger partial charge < -0.3 is 24.4 Å². The third-order valence-corrected chi connectivity index (χ3v) is 5.20. The Kier molecular flexibility index (Phi) is 7.00. The van der Waals surface area contributed by atoms with Crippen LogP contribution in [0.1, 0.15) is 5.56 Å². The van der Waals surface area contributed by atoms with Crippen molar-refractivity contribution in [2.45, 2.75) is 6.92 Å². The number of aryl methyl sites for hydroxylation is 1. The van der Waals surface area contributed by atoms with Crippen LogP contribution in [0, 0.1) is 6.92 Å². The summed E-state index contributed by atoms with van der Waals surface area (Å²) in [6, 6.07) is 19.7. The monoisotopic (exact) mass is 466 g/mol. The van der Waals surface area contributed by atoms with Gasteiger partial charge in [0.05, 0.1) is 12.2 Å². The van der Waals surface area contributed by atoms with Crippen molar-refractivity contribution in [3.05, 3.63) is 77.3 Å². The molecule has 0 spiro atoms. The number of carbonyl (C=O) groups is 2. The van der Waals surface area contributed by atoms with Crippen molar-refractivity contribution in [1.82, 2.24) is 0 Å². The summed E-state index contributed by atoms with van der Waals surface area (Å²) >= 11 is 5.84. The lowest BCUT2D eigenvalue weighted by molar-refractivity contribution is -0.121. The molecular formula is C25H23ClN2O5. The highest BCUT2D eigenvalue weighted by Gasteiger charge is 2.25. The molecule has 1 heterocycles. The minimum Gasteiger partial charge on any atom is -0.492 e. The second-order valence-corrected chi connectivity index (χ2v) is 7.91. The molecule has 1 N–H and O–H groups in total. The predicted molar refractivity (Wildman–Crippen MR) is 127 cm³/mol. The number of carbonyl (C=O) groups excluding carboxylic acids is 2. The van der Waals surface area contributed by atoms with E-state index in [1.54, 1.807) is 47.4 Å². The van der Waals surface area contributed by atoms with E-state index in [2.05, 4.69) is 5.32 Å². The molecule has 0 aliphatic carbocycles. The lowest BCUT2D eigenvalue weighted by Crippen LogP contribution is -2.41. The standard InChI is InChI=1S/C25H23ClN2O5/c1-17-3-2-4-21(13-17)31-12-11-28-22-10-7-19(14-23(22)33-16-25(28)30)27-24(29)15-32-20-8-5-18(26)6-9-20/h2-10,13-14H,11-12,15-16H2,1H3,(H,27,29). The summed E-state index contributed by atoms with van der Waals surface area (Å²) in [6.07, 6.45) is 0. The van der Waals surface area contributed by atoms with Gasteiger partial charge in [-0.1, -0.05) is 23.7 Å². The van der Waals surface area contributed by atoms with Gasteiger partial charge in [0.2, 0.25) is 0 Å². The maximum Gasteiger partial charge on any atom is 0.265 e. The molecule has 170 valence electrons. The molecule has 3 aromatic carbocycles. The first-order valence-electron chi connectivity index (χ1n) is 10.4. The summed E-state index contributed by atoms with van der Waals surface area (Å²) in [4.78, 5) is 26.3. The molecular weight excluding hydrogens is 444 g/mol. The van der Waals surface area contributed by atoms with Crippen molar-refractivity contribution in [1.29, 1.82) is 0 Å². The molecule has 0 aromatic heterocycles. The Morgan fingerprint density at radius 1 is 1.06 bits per heavy atom. The van der Waals surface area contributed by atoms with Crippen molar-refractivity contribution >= 4 is 34.8 Å². The van der Waals surface area contributed by atoms with Crippen LogP contribution < -0.4 is 24.4 Å². The first kappa shape index (κ1) is 22.5. The molecule has 0 radical (unpaired) electrons. The van der Waals surface area contributed by atoms with E-state index in [0.717, 1.165) is 11.3 Å². The van der Waals surface area contributed by atoms with Crippen LogP contribution in [-0.4, -0.2) is 38.2 Å². The van der Waals surface area contributed by atoms with Crippen LogP contribution in [0.3, 0.4) is 0 Å². The predicted octanol–water partition coefficient (Wildman–Crippen LogP) is 4.47. The number of hydrogen-bond acceptors (Lipinski definition) is 5. The fraction of sp³-hybridized carbons (Fsp3) is 0.200. The summed E-state index contributed by atoms with van der Waals surface area (Å²) in [7, 11) is 0. The fourth-order valence-corrected chi connectivity index (χ4v) is 3.49. The van der Waals surface area contributed by atoms with E-state index in [1.165, 1.54) is 0 Å². The molecule has 0 saturated heterocycles. The maximum absolute atomic E-state index is 12.4. The molecule has 8 heteroatoms. The Morgan fingerprint density at radius 3 is 2.67 bits per heavy atom. The molecule has 33 heavy (non-hydrogen) atoms. The highest BCUT2D eigenvalue weighted by molar-refractivity contribution is 6.30. The fourth-order valence-electron chi connectivity index (χ4n) is 3.36. The number of amides is 2. The number of nitrogens with one attached hydrogen (secondary N) is 1. The zero-order valence-corrected chi connectivity index (χ0v) is 18.8. The van der Waals surface area contributed by atoms with Gasteiger partial charge in [0.1, 0.15) is 23.9 Å². The average molecular weight is 467 g/mol. The van der Waals surface area contributed by atoms with Gasteiger partial charge >= 0.3 is 0 Å². The van der Waals surface area contributed by atoms with Gasteiger partial charge in [-0.25, -0.2) is 0 Å². The molecule has 7 nitrogen and oxygen atoms in total. The van der Waals surface area contributed by atoms with Crippen LogP contribution in [0.4, 0.5) is 11.4 Å². The Hall–Kier alpha value is -3.71. The van der Waals surface area contributed by atoms with Gasteiger partial charge in [-0.2, -0.15) is 0 Å². The number of hydrogen-bond donors (Lipinski definition) is 1. The molecule has 0 fully saturated rings. The third-order valence-electron chi connectivity index (χ3n) is 4.94. The average Bonchev–Trinajstić information content (AvgIpc) is 2.80. The quantitative estimate of drug-likeness (QED) is 0.530. The van der Waals surface area contributed by atoms with E-state index in [-0.39, 0.29) is 25.0 Å². The van der Waals surface area contributed by atoms with Gasteiger partial charge in [-0.05, 0) is 61.0 Å². The van der Waals surface area contributed by atoms with Crippen LogP contribution in [0.2, 0.25) is 5.02 Å². The summed E-state index contributed by atoms with van der Waals surface area (Å²) in [5.74, 6) is 1.35. The largest absolute Gasteiger partial charge is 0.492 e. The normalized spacial score (nSPS) is 12.5. The molecule has 0 unspecified atom stereocenters. The van der Waals surface area contributed by atoms with Gasteiger partial charge in [-0.15, -0.1) is 0 Å². The highest BCUT2D eigenvalue weighted by atomic mass is 35.5. The van der Waals surface area contributed by atoms with Crippen molar-refractivity contribution in [3.63, 3.8) is 0 Å². The van der Waals surface area contributed by atoms with Crippen molar-refractivity contribution in [3.8, 4) is 17.2 Å². The van der Waals surface area contributed by atoms with Gasteiger partial charge in [0, 0.05) is 16.8 Å². The summed E-state index contributed by atoms with van der Waals surface area (Å²) in [5.41, 5.74) is 2.28. The number of nitrogens with zero attached hydrogens (tertiary/aromatic N) is 1. The molecule has 4 rings (SSSR count). The van der Waals surface area contributed by atoms with E-state index < -0.39 is 0 Å². The minimum atomic E-state index is -0.319. The number of benzene rings is 3. The third kappa shape index (κ3) is 5.96. The molecule has 1 aliphatic rings. The number of rotatable bonds is 8. The van der Waals surface area contributed by atoms with Gasteiger partial charge in [0.25, 0.3) is 11.8 Å². The summed E-state index contributed by atoms with van der Waals surface area (Å²) < 4.78 is 16.8. The summed E-state index contributed by atoms with van der Waals surface area (Å²) in [6.45, 7) is 2.49. The Labute approximate surface area is 196 Å². The number of halogens is 1. The van der Waals surface area contributed by atoms with Crippen LogP contribution in [-0.2, 0) is 9.59 Å². The van der Waals surface area contributed by atoms with Crippen molar-refractivity contribution in [2.75, 3.05) is 36.6 Å².